The first-order valence-electron chi connectivity index (χ1n) is 15.5. The molecule has 0 aliphatic rings. The second kappa shape index (κ2) is 23.1. The molecule has 0 saturated heterocycles. The van der Waals surface area contributed by atoms with E-state index in [1.807, 2.05) is 48.5 Å². The highest BCUT2D eigenvalue weighted by Gasteiger charge is 2.18. The van der Waals surface area contributed by atoms with E-state index in [0.29, 0.717) is 6.61 Å². The normalized spacial score (nSPS) is 11.6. The highest BCUT2D eigenvalue weighted by molar-refractivity contribution is 5.94. The van der Waals surface area contributed by atoms with Crippen LogP contribution in [0.2, 0.25) is 0 Å². The smallest absolute Gasteiger partial charge is 0.373 e. The number of hydrogen-bond acceptors (Lipinski definition) is 5. The summed E-state index contributed by atoms with van der Waals surface area (Å²) < 4.78 is 15.5. The van der Waals surface area contributed by atoms with Crippen molar-refractivity contribution in [3.63, 3.8) is 0 Å². The Hall–Kier alpha value is -3.54. The Morgan fingerprint density at radius 2 is 1.33 bits per heavy atom. The van der Waals surface area contributed by atoms with Crippen LogP contribution >= 0.6 is 0 Å². The van der Waals surface area contributed by atoms with Gasteiger partial charge in [0.1, 0.15) is 0 Å². The van der Waals surface area contributed by atoms with E-state index in [1.54, 1.807) is 6.08 Å². The molecule has 0 radical (unpaired) electrons. The summed E-state index contributed by atoms with van der Waals surface area (Å²) in [4.78, 5) is 23.3. The van der Waals surface area contributed by atoms with Crippen molar-refractivity contribution < 1.29 is 28.9 Å². The van der Waals surface area contributed by atoms with Crippen LogP contribution in [0.3, 0.4) is 0 Å². The number of rotatable bonds is 19. The first-order valence-corrected chi connectivity index (χ1v) is 15.5. The molecule has 2 rings (SSSR count). The number of carboxylic acids is 1. The van der Waals surface area contributed by atoms with E-state index >= 15 is 0 Å². The predicted octanol–water partition coefficient (Wildman–Crippen LogP) is 9.24. The number of allylic oxidation sites excluding steroid dienone is 1. The second-order valence-electron chi connectivity index (χ2n) is 10.2. The van der Waals surface area contributed by atoms with Gasteiger partial charge in [-0.1, -0.05) is 127 Å². The maximum Gasteiger partial charge on any atom is 0.373 e. The van der Waals surface area contributed by atoms with E-state index in [4.69, 9.17) is 14.2 Å². The Morgan fingerprint density at radius 3 is 1.93 bits per heavy atom. The van der Waals surface area contributed by atoms with Gasteiger partial charge in [0.05, 0.1) is 20.8 Å². The maximum absolute atomic E-state index is 11.9. The molecule has 0 aromatic heterocycles. The Bertz CT molecular complexity index is 1090. The molecule has 42 heavy (non-hydrogen) atoms. The average Bonchev–Trinajstić information content (AvgIpc) is 3.01. The standard InChI is InChI=1S/2C18H26O3/c1-4-6-7-8-13-16(17(21-3)18(19)20)15-12-10-9-11-14(15)5-2;1-3-4-5-6-7-11-14-21-18(19)17(20-2)15-16-12-9-8-10-13-16/h9-12H,4-8,13H2,1-3H3,(H,19,20);8-10,12-13,15H,3-7,11,14H2,1-2H3. The van der Waals surface area contributed by atoms with Gasteiger partial charge in [0.25, 0.3) is 0 Å². The van der Waals surface area contributed by atoms with Crippen LogP contribution in [0.25, 0.3) is 11.6 Å². The van der Waals surface area contributed by atoms with Crippen LogP contribution in [0, 0.1) is 0 Å². The van der Waals surface area contributed by atoms with Crippen LogP contribution < -0.4 is 0 Å². The minimum absolute atomic E-state index is 0.0763. The van der Waals surface area contributed by atoms with Gasteiger partial charge in [-0.3, -0.25) is 0 Å². The molecule has 0 fully saturated rings. The number of carbonyl (C=O) groups excluding carboxylic acids is 1. The van der Waals surface area contributed by atoms with Crippen molar-refractivity contribution in [2.45, 2.75) is 97.8 Å². The molecule has 0 unspecified atom stereocenters. The number of methoxy groups -OCH3 is 2. The molecule has 0 spiro atoms. The number of carboxylic acid groups (broad SMARTS) is 1. The van der Waals surface area contributed by atoms with Gasteiger partial charge < -0.3 is 19.3 Å². The summed E-state index contributed by atoms with van der Waals surface area (Å²) in [6.07, 6.45) is 14.8. The van der Waals surface area contributed by atoms with E-state index in [-0.39, 0.29) is 11.5 Å². The molecular weight excluding hydrogens is 528 g/mol. The average molecular weight is 581 g/mol. The molecule has 0 atom stereocenters. The van der Waals surface area contributed by atoms with E-state index < -0.39 is 11.9 Å². The van der Waals surface area contributed by atoms with Crippen molar-refractivity contribution in [2.24, 2.45) is 0 Å². The molecule has 6 heteroatoms. The number of unbranched alkanes of at least 4 members (excludes halogenated alkanes) is 8. The minimum atomic E-state index is -0.992. The van der Waals surface area contributed by atoms with Crippen LogP contribution in [0.4, 0.5) is 0 Å². The minimum Gasteiger partial charge on any atom is -0.490 e. The molecule has 2 aromatic carbocycles. The van der Waals surface area contributed by atoms with Gasteiger partial charge in [-0.25, -0.2) is 9.59 Å². The summed E-state index contributed by atoms with van der Waals surface area (Å²) in [7, 11) is 2.92. The fourth-order valence-electron chi connectivity index (χ4n) is 4.58. The number of carbonyl (C=O) groups is 2. The SMILES string of the molecule is CCCCCCC(=C(OC)C(=O)O)c1ccccc1CC.CCCCCCCCOC(=O)C(=Cc1ccccc1)OC. The van der Waals surface area contributed by atoms with Gasteiger partial charge in [0.15, 0.2) is 0 Å². The molecule has 0 bridgehead atoms. The first kappa shape index (κ1) is 36.5. The third-order valence-electron chi connectivity index (χ3n) is 6.93. The van der Waals surface area contributed by atoms with Crippen molar-refractivity contribution in [3.05, 3.63) is 82.8 Å². The molecule has 0 saturated carbocycles. The Balaban J connectivity index is 0.000000420. The van der Waals surface area contributed by atoms with Crippen molar-refractivity contribution in [3.8, 4) is 0 Å². The predicted molar refractivity (Wildman–Crippen MR) is 172 cm³/mol. The number of benzene rings is 2. The third kappa shape index (κ3) is 14.4. The number of hydrogen-bond donors (Lipinski definition) is 1. The monoisotopic (exact) mass is 580 g/mol. The van der Waals surface area contributed by atoms with Gasteiger partial charge in [0.2, 0.25) is 11.5 Å². The first-order chi connectivity index (χ1) is 20.4. The zero-order valence-corrected chi connectivity index (χ0v) is 26.5. The number of aryl methyl sites for hydroxylation is 1. The Morgan fingerprint density at radius 1 is 0.738 bits per heavy atom. The van der Waals surface area contributed by atoms with Crippen molar-refractivity contribution in [2.75, 3.05) is 20.8 Å². The summed E-state index contributed by atoms with van der Waals surface area (Å²) >= 11 is 0. The lowest BCUT2D eigenvalue weighted by Gasteiger charge is -2.15. The lowest BCUT2D eigenvalue weighted by atomic mass is 9.93. The van der Waals surface area contributed by atoms with Crippen LogP contribution in [0.5, 0.6) is 0 Å². The molecule has 0 aliphatic carbocycles. The molecule has 6 nitrogen and oxygen atoms in total. The Labute approximate surface area is 253 Å². The topological polar surface area (TPSA) is 82.1 Å². The molecule has 232 valence electrons. The van der Waals surface area contributed by atoms with Gasteiger partial charge in [-0.2, -0.15) is 0 Å². The highest BCUT2D eigenvalue weighted by Crippen LogP contribution is 2.29. The van der Waals surface area contributed by atoms with Crippen LogP contribution in [0.1, 0.15) is 108 Å². The van der Waals surface area contributed by atoms with Crippen molar-refractivity contribution >= 4 is 23.6 Å². The van der Waals surface area contributed by atoms with E-state index in [9.17, 15) is 14.7 Å². The fourth-order valence-corrected chi connectivity index (χ4v) is 4.58. The highest BCUT2D eigenvalue weighted by atomic mass is 16.6. The molecule has 1 N–H and O–H groups in total. The maximum atomic E-state index is 11.9. The van der Waals surface area contributed by atoms with Crippen molar-refractivity contribution in [1.82, 2.24) is 0 Å². The number of esters is 1. The molecule has 0 amide bonds. The summed E-state index contributed by atoms with van der Waals surface area (Å²) in [5.74, 6) is -1.07. The number of ether oxygens (including phenoxy) is 3. The largest absolute Gasteiger partial charge is 0.490 e. The molecule has 0 aliphatic heterocycles. The Kier molecular flexibility index (Phi) is 20.0. The molecule has 2 aromatic rings. The van der Waals surface area contributed by atoms with E-state index in [0.717, 1.165) is 55.2 Å². The van der Waals surface area contributed by atoms with Gasteiger partial charge in [0, 0.05) is 5.57 Å². The molecular formula is C36H52O6. The van der Waals surface area contributed by atoms with Crippen LogP contribution in [-0.4, -0.2) is 37.9 Å². The summed E-state index contributed by atoms with van der Waals surface area (Å²) in [6, 6.07) is 17.6. The summed E-state index contributed by atoms with van der Waals surface area (Å²) in [5.41, 5.74) is 3.92. The third-order valence-corrected chi connectivity index (χ3v) is 6.93. The number of aliphatic carboxylic acids is 1. The van der Waals surface area contributed by atoms with Crippen molar-refractivity contribution in [1.29, 1.82) is 0 Å². The second-order valence-corrected chi connectivity index (χ2v) is 10.2. The molecule has 0 heterocycles. The van der Waals surface area contributed by atoms with Gasteiger partial charge in [-0.05, 0) is 48.4 Å². The summed E-state index contributed by atoms with van der Waals surface area (Å²) in [6.45, 7) is 6.91. The van der Waals surface area contributed by atoms with Crippen LogP contribution in [0.15, 0.2) is 66.1 Å². The van der Waals surface area contributed by atoms with Gasteiger partial charge >= 0.3 is 11.9 Å². The zero-order valence-electron chi connectivity index (χ0n) is 26.5. The van der Waals surface area contributed by atoms with Gasteiger partial charge in [-0.15, -0.1) is 0 Å². The lowest BCUT2D eigenvalue weighted by Crippen LogP contribution is -2.10. The van der Waals surface area contributed by atoms with E-state index in [1.165, 1.54) is 58.3 Å². The summed E-state index contributed by atoms with van der Waals surface area (Å²) in [5, 5.41) is 9.39. The lowest BCUT2D eigenvalue weighted by molar-refractivity contribution is -0.142. The van der Waals surface area contributed by atoms with Crippen LogP contribution in [-0.2, 0) is 30.2 Å². The quantitative estimate of drug-likeness (QED) is 0.0772. The zero-order chi connectivity index (χ0) is 31.0. The van der Waals surface area contributed by atoms with E-state index in [2.05, 4.69) is 26.8 Å². The fraction of sp³-hybridized carbons (Fsp3) is 0.500.